The fourth-order valence-electron chi connectivity index (χ4n) is 2.33. The molecule has 1 unspecified atom stereocenters. The van der Waals surface area contributed by atoms with Gasteiger partial charge in [0.2, 0.25) is 0 Å². The van der Waals surface area contributed by atoms with Gasteiger partial charge in [-0.05, 0) is 30.7 Å². The molecule has 0 bridgehead atoms. The number of nitrogens with zero attached hydrogens (tertiary/aromatic N) is 2. The van der Waals surface area contributed by atoms with Crippen LogP contribution < -0.4 is 0 Å². The molecule has 1 atom stereocenters. The number of hydrogen-bond acceptors (Lipinski definition) is 3. The zero-order chi connectivity index (χ0) is 15.8. The molecule has 0 aliphatic carbocycles. The van der Waals surface area contributed by atoms with Gasteiger partial charge in [-0.2, -0.15) is 10.1 Å². The van der Waals surface area contributed by atoms with Crippen LogP contribution in [-0.4, -0.2) is 27.5 Å². The predicted octanol–water partition coefficient (Wildman–Crippen LogP) is 3.80. The highest BCUT2D eigenvalue weighted by Gasteiger charge is 2.52. The van der Waals surface area contributed by atoms with Gasteiger partial charge < -0.3 is 5.11 Å². The van der Waals surface area contributed by atoms with E-state index in [0.717, 1.165) is 16.6 Å². The van der Waals surface area contributed by atoms with E-state index in [1.165, 1.54) is 5.01 Å². The molecule has 1 amide bonds. The van der Waals surface area contributed by atoms with E-state index in [1.807, 2.05) is 39.8 Å². The lowest BCUT2D eigenvalue weighted by atomic mass is 9.79. The molecule has 1 heterocycles. The summed E-state index contributed by atoms with van der Waals surface area (Å²) in [5, 5.41) is 16.7. The lowest BCUT2D eigenvalue weighted by Crippen LogP contribution is -2.54. The quantitative estimate of drug-likeness (QED) is 0.879. The first kappa shape index (κ1) is 16.2. The van der Waals surface area contributed by atoms with Crippen LogP contribution in [0.5, 0.6) is 0 Å². The molecule has 0 spiro atoms. The van der Waals surface area contributed by atoms with Crippen LogP contribution in [0.2, 0.25) is 0 Å². The SMILES string of the molecule is CCC1=NN(C(=O)c2ccc(Br)cc2)C(O)(C(C)(C)C)C1. The summed E-state index contributed by atoms with van der Waals surface area (Å²) in [6.45, 7) is 7.74. The molecule has 0 aromatic heterocycles. The Morgan fingerprint density at radius 3 is 2.43 bits per heavy atom. The molecule has 1 N–H and O–H groups in total. The van der Waals surface area contributed by atoms with Crippen LogP contribution in [0.1, 0.15) is 50.9 Å². The second kappa shape index (κ2) is 5.54. The van der Waals surface area contributed by atoms with E-state index in [4.69, 9.17) is 0 Å². The maximum atomic E-state index is 12.7. The number of amides is 1. The van der Waals surface area contributed by atoms with Crippen molar-refractivity contribution in [2.24, 2.45) is 10.5 Å². The summed E-state index contributed by atoms with van der Waals surface area (Å²) < 4.78 is 0.907. The largest absolute Gasteiger partial charge is 0.368 e. The van der Waals surface area contributed by atoms with Crippen molar-refractivity contribution >= 4 is 27.5 Å². The van der Waals surface area contributed by atoms with Gasteiger partial charge in [-0.3, -0.25) is 4.79 Å². The molecule has 2 rings (SSSR count). The zero-order valence-electron chi connectivity index (χ0n) is 12.9. The first-order valence-corrected chi connectivity index (χ1v) is 7.87. The van der Waals surface area contributed by atoms with Crippen molar-refractivity contribution in [1.82, 2.24) is 5.01 Å². The summed E-state index contributed by atoms with van der Waals surface area (Å²) in [6.07, 6.45) is 1.12. The molecule has 0 saturated carbocycles. The second-order valence-electron chi connectivity index (χ2n) is 6.39. The van der Waals surface area contributed by atoms with Gasteiger partial charge in [0.1, 0.15) is 0 Å². The number of carbonyl (C=O) groups excluding carboxylic acids is 1. The predicted molar refractivity (Wildman–Crippen MR) is 87.1 cm³/mol. The molecule has 1 aromatic rings. The minimum atomic E-state index is -1.29. The van der Waals surface area contributed by atoms with Crippen molar-refractivity contribution in [3.8, 4) is 0 Å². The van der Waals surface area contributed by atoms with Crippen LogP contribution in [0.4, 0.5) is 0 Å². The third-order valence-corrected chi connectivity index (χ3v) is 4.46. The van der Waals surface area contributed by atoms with Crippen LogP contribution in [0.15, 0.2) is 33.8 Å². The minimum absolute atomic E-state index is 0.275. The Balaban J connectivity index is 2.40. The Labute approximate surface area is 134 Å². The van der Waals surface area contributed by atoms with Gasteiger partial charge in [-0.25, -0.2) is 0 Å². The highest BCUT2D eigenvalue weighted by molar-refractivity contribution is 9.10. The summed E-state index contributed by atoms with van der Waals surface area (Å²) in [5.74, 6) is -0.275. The summed E-state index contributed by atoms with van der Waals surface area (Å²) in [5.41, 5.74) is -0.416. The molecule has 114 valence electrons. The number of rotatable bonds is 2. The zero-order valence-corrected chi connectivity index (χ0v) is 14.4. The molecule has 0 fully saturated rings. The van der Waals surface area contributed by atoms with Crippen LogP contribution in [-0.2, 0) is 0 Å². The van der Waals surface area contributed by atoms with Gasteiger partial charge in [0.25, 0.3) is 5.91 Å². The molecule has 1 aliphatic rings. The van der Waals surface area contributed by atoms with Crippen molar-refractivity contribution in [3.05, 3.63) is 34.3 Å². The second-order valence-corrected chi connectivity index (χ2v) is 7.30. The Hall–Kier alpha value is -1.20. The van der Waals surface area contributed by atoms with Crippen molar-refractivity contribution < 1.29 is 9.90 Å². The van der Waals surface area contributed by atoms with Crippen molar-refractivity contribution in [2.45, 2.75) is 46.3 Å². The molecule has 5 heteroatoms. The standard InChI is InChI=1S/C16H21BrN2O2/c1-5-13-10-16(21,15(2,3)4)19(18-13)14(20)11-6-8-12(17)9-7-11/h6-9,21H,5,10H2,1-4H3. The van der Waals surface area contributed by atoms with E-state index in [0.29, 0.717) is 12.0 Å². The number of halogens is 1. The van der Waals surface area contributed by atoms with Crippen LogP contribution in [0.3, 0.4) is 0 Å². The van der Waals surface area contributed by atoms with Gasteiger partial charge in [-0.15, -0.1) is 0 Å². The number of hydrogen-bond donors (Lipinski definition) is 1. The highest BCUT2D eigenvalue weighted by Crippen LogP contribution is 2.41. The maximum absolute atomic E-state index is 12.7. The number of benzene rings is 1. The molecule has 0 saturated heterocycles. The van der Waals surface area contributed by atoms with Gasteiger partial charge in [0.05, 0.1) is 0 Å². The Kier molecular flexibility index (Phi) is 4.26. The molecule has 4 nitrogen and oxygen atoms in total. The van der Waals surface area contributed by atoms with Crippen molar-refractivity contribution in [2.75, 3.05) is 0 Å². The summed E-state index contributed by atoms with van der Waals surface area (Å²) in [6, 6.07) is 7.08. The average Bonchev–Trinajstić information content (AvgIpc) is 2.77. The fraction of sp³-hybridized carbons (Fsp3) is 0.500. The molecule has 0 radical (unpaired) electrons. The molecular weight excluding hydrogens is 332 g/mol. The summed E-state index contributed by atoms with van der Waals surface area (Å²) >= 11 is 3.35. The number of carbonyl (C=O) groups is 1. The molecular formula is C16H21BrN2O2. The molecule has 1 aliphatic heterocycles. The Morgan fingerprint density at radius 2 is 1.95 bits per heavy atom. The third-order valence-electron chi connectivity index (χ3n) is 3.94. The molecule has 21 heavy (non-hydrogen) atoms. The highest BCUT2D eigenvalue weighted by atomic mass is 79.9. The normalized spacial score (nSPS) is 22.4. The average molecular weight is 353 g/mol. The monoisotopic (exact) mass is 352 g/mol. The topological polar surface area (TPSA) is 52.9 Å². The molecule has 1 aromatic carbocycles. The van der Waals surface area contributed by atoms with E-state index < -0.39 is 11.1 Å². The first-order chi connectivity index (χ1) is 9.69. The van der Waals surface area contributed by atoms with E-state index >= 15 is 0 Å². The van der Waals surface area contributed by atoms with E-state index in [9.17, 15) is 9.90 Å². The van der Waals surface area contributed by atoms with Crippen LogP contribution >= 0.6 is 15.9 Å². The van der Waals surface area contributed by atoms with Gasteiger partial charge >= 0.3 is 0 Å². The van der Waals surface area contributed by atoms with Crippen molar-refractivity contribution in [1.29, 1.82) is 0 Å². The van der Waals surface area contributed by atoms with Crippen LogP contribution in [0, 0.1) is 5.41 Å². The number of hydrazone groups is 1. The lowest BCUT2D eigenvalue weighted by molar-refractivity contribution is -0.143. The first-order valence-electron chi connectivity index (χ1n) is 7.08. The minimum Gasteiger partial charge on any atom is -0.368 e. The maximum Gasteiger partial charge on any atom is 0.276 e. The van der Waals surface area contributed by atoms with Crippen molar-refractivity contribution in [3.63, 3.8) is 0 Å². The van der Waals surface area contributed by atoms with Gasteiger partial charge in [0, 0.05) is 27.6 Å². The number of aliphatic hydroxyl groups is 1. The Bertz CT molecular complexity index is 575. The summed E-state index contributed by atoms with van der Waals surface area (Å²) in [4.78, 5) is 12.7. The van der Waals surface area contributed by atoms with Gasteiger partial charge in [-0.1, -0.05) is 43.6 Å². The fourth-order valence-corrected chi connectivity index (χ4v) is 2.59. The van der Waals surface area contributed by atoms with E-state index in [-0.39, 0.29) is 5.91 Å². The third kappa shape index (κ3) is 2.90. The van der Waals surface area contributed by atoms with Gasteiger partial charge in [0.15, 0.2) is 5.72 Å². The van der Waals surface area contributed by atoms with Crippen LogP contribution in [0.25, 0.3) is 0 Å². The van der Waals surface area contributed by atoms with E-state index in [1.54, 1.807) is 12.1 Å². The summed E-state index contributed by atoms with van der Waals surface area (Å²) in [7, 11) is 0. The lowest BCUT2D eigenvalue weighted by Gasteiger charge is -2.41. The smallest absolute Gasteiger partial charge is 0.276 e. The van der Waals surface area contributed by atoms with E-state index in [2.05, 4.69) is 21.0 Å². The Morgan fingerprint density at radius 1 is 1.38 bits per heavy atom.